The predicted molar refractivity (Wildman–Crippen MR) is 91.6 cm³/mol. The molecule has 0 aliphatic carbocycles. The summed E-state index contributed by atoms with van der Waals surface area (Å²) in [6, 6.07) is 5.71. The largest absolute Gasteiger partial charge is 0.376 e. The summed E-state index contributed by atoms with van der Waals surface area (Å²) in [6.45, 7) is 1.71. The fraction of sp³-hybridized carbons (Fsp3) is 0.250. The number of pyridine rings is 2. The van der Waals surface area contributed by atoms with Gasteiger partial charge >= 0.3 is 0 Å². The van der Waals surface area contributed by atoms with Gasteiger partial charge in [-0.2, -0.15) is 0 Å². The molecular weight excluding hydrogens is 335 g/mol. The number of hydrogen-bond acceptors (Lipinski definition) is 4. The zero-order chi connectivity index (χ0) is 15.8. The van der Waals surface area contributed by atoms with Gasteiger partial charge in [0, 0.05) is 37.1 Å². The second-order valence-corrected chi connectivity index (χ2v) is 6.19. The number of halogens is 2. The Bertz CT molecular complexity index is 840. The van der Waals surface area contributed by atoms with E-state index in [9.17, 15) is 0 Å². The molecule has 0 amide bonds. The van der Waals surface area contributed by atoms with Crippen LogP contribution in [0.15, 0.2) is 36.8 Å². The van der Waals surface area contributed by atoms with Crippen molar-refractivity contribution in [1.29, 1.82) is 0 Å². The number of anilines is 2. The molecule has 118 valence electrons. The van der Waals surface area contributed by atoms with E-state index in [-0.39, 0.29) is 0 Å². The summed E-state index contributed by atoms with van der Waals surface area (Å²) in [5.41, 5.74) is 1.65. The Morgan fingerprint density at radius 3 is 2.78 bits per heavy atom. The molecule has 0 bridgehead atoms. The third-order valence-electron chi connectivity index (χ3n) is 3.99. The van der Waals surface area contributed by atoms with Gasteiger partial charge in [-0.05, 0) is 24.6 Å². The molecule has 1 fully saturated rings. The van der Waals surface area contributed by atoms with E-state index in [4.69, 9.17) is 27.9 Å². The summed E-state index contributed by atoms with van der Waals surface area (Å²) in [6.07, 6.45) is 6.79. The number of nitrogens with one attached hydrogen (secondary N) is 1. The average molecular weight is 349 g/mol. The highest BCUT2D eigenvalue weighted by molar-refractivity contribution is 6.38. The first-order valence-electron chi connectivity index (χ1n) is 7.35. The Labute approximate surface area is 143 Å². The lowest BCUT2D eigenvalue weighted by atomic mass is 10.2. The van der Waals surface area contributed by atoms with Crippen molar-refractivity contribution in [2.45, 2.75) is 19.1 Å². The van der Waals surface area contributed by atoms with Gasteiger partial charge in [0.1, 0.15) is 5.82 Å². The Hall–Kier alpha value is -1.82. The Morgan fingerprint density at radius 1 is 1.22 bits per heavy atom. The first-order valence-corrected chi connectivity index (χ1v) is 8.10. The van der Waals surface area contributed by atoms with Crippen molar-refractivity contribution in [3.05, 3.63) is 47.0 Å². The molecule has 1 atom stereocenters. The maximum atomic E-state index is 6.19. The highest BCUT2D eigenvalue weighted by atomic mass is 35.5. The monoisotopic (exact) mass is 348 g/mol. The van der Waals surface area contributed by atoms with Crippen molar-refractivity contribution in [2.75, 3.05) is 11.9 Å². The number of fused-ring (bicyclic) bond motifs is 1. The first kappa shape index (κ1) is 14.8. The van der Waals surface area contributed by atoms with Crippen LogP contribution in [-0.4, -0.2) is 27.2 Å². The van der Waals surface area contributed by atoms with Gasteiger partial charge in [0.25, 0.3) is 0 Å². The van der Waals surface area contributed by atoms with Crippen molar-refractivity contribution < 1.29 is 4.74 Å². The average Bonchev–Trinajstić information content (AvgIpc) is 2.91. The SMILES string of the molecule is Clc1ccnc(Cl)c1Nc1nccc2c1ccn2CC1CCO1. The molecule has 0 saturated carbocycles. The summed E-state index contributed by atoms with van der Waals surface area (Å²) in [7, 11) is 0. The summed E-state index contributed by atoms with van der Waals surface area (Å²) in [4.78, 5) is 8.46. The maximum absolute atomic E-state index is 6.19. The normalized spacial score (nSPS) is 17.2. The van der Waals surface area contributed by atoms with E-state index < -0.39 is 0 Å². The third kappa shape index (κ3) is 2.76. The minimum absolute atomic E-state index is 0.303. The lowest BCUT2D eigenvalue weighted by Crippen LogP contribution is -2.30. The third-order valence-corrected chi connectivity index (χ3v) is 4.59. The van der Waals surface area contributed by atoms with E-state index in [1.807, 2.05) is 18.3 Å². The fourth-order valence-electron chi connectivity index (χ4n) is 2.67. The van der Waals surface area contributed by atoms with Gasteiger partial charge in [0.2, 0.25) is 0 Å². The molecule has 3 aromatic rings. The zero-order valence-corrected chi connectivity index (χ0v) is 13.7. The predicted octanol–water partition coefficient (Wildman–Crippen LogP) is 4.27. The number of hydrogen-bond donors (Lipinski definition) is 1. The van der Waals surface area contributed by atoms with Crippen LogP contribution < -0.4 is 5.32 Å². The van der Waals surface area contributed by atoms with E-state index in [1.165, 1.54) is 0 Å². The van der Waals surface area contributed by atoms with Crippen molar-refractivity contribution in [2.24, 2.45) is 0 Å². The van der Waals surface area contributed by atoms with Crippen LogP contribution in [-0.2, 0) is 11.3 Å². The van der Waals surface area contributed by atoms with Gasteiger partial charge in [-0.15, -0.1) is 0 Å². The van der Waals surface area contributed by atoms with Crippen molar-refractivity contribution in [3.63, 3.8) is 0 Å². The molecule has 23 heavy (non-hydrogen) atoms. The van der Waals surface area contributed by atoms with Gasteiger partial charge < -0.3 is 14.6 Å². The Kier molecular flexibility index (Phi) is 3.85. The number of rotatable bonds is 4. The van der Waals surface area contributed by atoms with E-state index in [1.54, 1.807) is 18.5 Å². The number of aromatic nitrogens is 3. The van der Waals surface area contributed by atoms with Crippen LogP contribution in [0.1, 0.15) is 6.42 Å². The minimum atomic E-state index is 0.303. The van der Waals surface area contributed by atoms with Crippen molar-refractivity contribution in [3.8, 4) is 0 Å². The summed E-state index contributed by atoms with van der Waals surface area (Å²) in [5.74, 6) is 0.701. The second-order valence-electron chi connectivity index (χ2n) is 5.43. The standard InChI is InChI=1S/C16H14Cl2N4O/c17-12-1-5-19-15(18)14(12)21-16-11-3-7-22(9-10-4-8-23-10)13(11)2-6-20-16/h1-3,5-7,10H,4,8-9H2,(H,20,21). The van der Waals surface area contributed by atoms with Crippen LogP contribution in [0.2, 0.25) is 10.2 Å². The van der Waals surface area contributed by atoms with Gasteiger partial charge in [0.15, 0.2) is 5.15 Å². The number of nitrogens with zero attached hydrogens (tertiary/aromatic N) is 3. The summed E-state index contributed by atoms with van der Waals surface area (Å²) >= 11 is 12.3. The van der Waals surface area contributed by atoms with Crippen LogP contribution in [0.3, 0.4) is 0 Å². The number of ether oxygens (including phenoxy) is 1. The van der Waals surface area contributed by atoms with Crippen molar-refractivity contribution >= 4 is 45.6 Å². The maximum Gasteiger partial charge on any atom is 0.154 e. The van der Waals surface area contributed by atoms with Crippen molar-refractivity contribution in [1.82, 2.24) is 14.5 Å². The molecular formula is C16H14Cl2N4O. The molecule has 4 rings (SSSR count). The molecule has 1 saturated heterocycles. The second kappa shape index (κ2) is 6.00. The topological polar surface area (TPSA) is 52.0 Å². The Morgan fingerprint density at radius 2 is 2.04 bits per heavy atom. The van der Waals surface area contributed by atoms with E-state index >= 15 is 0 Å². The molecule has 0 spiro atoms. The summed E-state index contributed by atoms with van der Waals surface area (Å²) in [5, 5.41) is 5.02. The van der Waals surface area contributed by atoms with E-state index in [2.05, 4.69) is 19.9 Å². The molecule has 1 N–H and O–H groups in total. The molecule has 0 aromatic carbocycles. The van der Waals surface area contributed by atoms with Crippen LogP contribution in [0, 0.1) is 0 Å². The lowest BCUT2D eigenvalue weighted by Gasteiger charge is -2.27. The van der Waals surface area contributed by atoms with Crippen LogP contribution in [0.25, 0.3) is 10.9 Å². The van der Waals surface area contributed by atoms with Gasteiger partial charge in [0.05, 0.1) is 22.3 Å². The Balaban J connectivity index is 1.70. The molecule has 1 aliphatic heterocycles. The van der Waals surface area contributed by atoms with E-state index in [0.29, 0.717) is 27.8 Å². The molecule has 5 nitrogen and oxygen atoms in total. The van der Waals surface area contributed by atoms with Crippen LogP contribution in [0.4, 0.5) is 11.5 Å². The van der Waals surface area contributed by atoms with Crippen LogP contribution >= 0.6 is 23.2 Å². The molecule has 3 aromatic heterocycles. The highest BCUT2D eigenvalue weighted by Gasteiger charge is 2.19. The molecule has 1 aliphatic rings. The quantitative estimate of drug-likeness (QED) is 0.715. The summed E-state index contributed by atoms with van der Waals surface area (Å²) < 4.78 is 7.69. The first-order chi connectivity index (χ1) is 11.2. The minimum Gasteiger partial charge on any atom is -0.376 e. The van der Waals surface area contributed by atoms with Gasteiger partial charge in [-0.25, -0.2) is 9.97 Å². The smallest absolute Gasteiger partial charge is 0.154 e. The lowest BCUT2D eigenvalue weighted by molar-refractivity contribution is -0.0586. The fourth-order valence-corrected chi connectivity index (χ4v) is 3.12. The van der Waals surface area contributed by atoms with Crippen LogP contribution in [0.5, 0.6) is 0 Å². The molecule has 0 radical (unpaired) electrons. The highest BCUT2D eigenvalue weighted by Crippen LogP contribution is 2.33. The zero-order valence-electron chi connectivity index (χ0n) is 12.2. The van der Waals surface area contributed by atoms with Gasteiger partial charge in [-0.1, -0.05) is 23.2 Å². The van der Waals surface area contributed by atoms with Gasteiger partial charge in [-0.3, -0.25) is 0 Å². The molecule has 1 unspecified atom stereocenters. The molecule has 7 heteroatoms. The molecule has 4 heterocycles. The van der Waals surface area contributed by atoms with E-state index in [0.717, 1.165) is 30.5 Å².